The number of nitrogen functional groups attached to an aromatic ring is 1. The molecule has 0 unspecified atom stereocenters. The molecule has 64 heavy (non-hydrogen) atoms. The van der Waals surface area contributed by atoms with Crippen LogP contribution in [0.15, 0.2) is 155 Å². The fourth-order valence-electron chi connectivity index (χ4n) is 7.17. The van der Waals surface area contributed by atoms with Gasteiger partial charge in [0.2, 0.25) is 5.60 Å². The number of carbonyl (C=O) groups excluding carboxylic acids is 4. The molecule has 1 saturated heterocycles. The molecule has 3 aromatic carbocycles. The second-order valence-corrected chi connectivity index (χ2v) is 17.3. The molecule has 0 spiro atoms. The molecule has 7 rings (SSSR count). The molecule has 4 heterocycles. The Balaban J connectivity index is 1.18. The number of β-lactam (4-membered cyclic amide) rings is 1. The maximum Gasteiger partial charge on any atom is 0.355 e. The van der Waals surface area contributed by atoms with E-state index in [1.165, 1.54) is 16.7 Å². The fraction of sp³-hybridized carbons (Fsp3) is 0.245. The third kappa shape index (κ3) is 10.2. The Hall–Kier alpha value is -6.84. The van der Waals surface area contributed by atoms with E-state index in [9.17, 15) is 19.2 Å². The topological polar surface area (TPSA) is 175 Å². The fourth-order valence-corrected chi connectivity index (χ4v) is 9.04. The number of rotatable bonds is 18. The van der Waals surface area contributed by atoms with Crippen molar-refractivity contribution in [3.05, 3.63) is 178 Å². The van der Waals surface area contributed by atoms with Crippen LogP contribution in [0.3, 0.4) is 0 Å². The summed E-state index contributed by atoms with van der Waals surface area (Å²) in [5.74, 6) is -2.04. The van der Waals surface area contributed by atoms with Crippen LogP contribution in [-0.2, 0) is 39.1 Å². The number of carbonyl (C=O) groups is 4. The molecule has 0 aliphatic carbocycles. The number of esters is 2. The summed E-state index contributed by atoms with van der Waals surface area (Å²) in [7, 11) is 0. The highest BCUT2D eigenvalue weighted by Crippen LogP contribution is 2.43. The van der Waals surface area contributed by atoms with Crippen LogP contribution in [0.25, 0.3) is 6.08 Å². The summed E-state index contributed by atoms with van der Waals surface area (Å²) >= 11 is 2.49. The van der Waals surface area contributed by atoms with Crippen LogP contribution in [0, 0.1) is 5.92 Å². The predicted octanol–water partition coefficient (Wildman–Crippen LogP) is 7.67. The number of thioether (sulfide) groups is 1. The van der Waals surface area contributed by atoms with Crippen LogP contribution >= 0.6 is 23.1 Å². The lowest BCUT2D eigenvalue weighted by molar-refractivity contribution is -0.152. The van der Waals surface area contributed by atoms with Crippen LogP contribution in [0.2, 0.25) is 0 Å². The van der Waals surface area contributed by atoms with Gasteiger partial charge in [0.05, 0.1) is 12.2 Å². The van der Waals surface area contributed by atoms with E-state index in [2.05, 4.69) is 20.4 Å². The van der Waals surface area contributed by atoms with Crippen molar-refractivity contribution in [1.82, 2.24) is 20.2 Å². The standard InChI is InChI=1S/C49H48N6O7S2/c1-4-15-34(46(58)60-27-25-32(2)3)29-61-47(59)42-35(24-23-33-16-14-26-51-28-33)30-63-45-41(44(57)55(42)45)53-43(56)40(39-31-64-48(50)52-39)54-62-49(36-17-8-5-9-18-36,37-19-10-6-11-20-37)38-21-12-7-13-22-38/h5-24,26,28,31-32,41,45H,4,25,27,29-30H2,1-3H3,(H2,50,52)(H,53,56)/b24-23-,34-15+,54-40+/t41-,45-/m1/s1. The van der Waals surface area contributed by atoms with Gasteiger partial charge in [-0.3, -0.25) is 19.5 Å². The zero-order valence-electron chi connectivity index (χ0n) is 35.6. The number of aromatic nitrogens is 2. The SMILES string of the molecule is CC/C=C(\COC(=O)C1=C(/C=C\c2cccnc2)CS[C@@H]2[C@H](NC(=O)/C(=N/OC(c3ccccc3)(c3ccccc3)c3ccccc3)c3csc(N)n3)C(=O)N12)C(=O)OCCC(C)C. The van der Waals surface area contributed by atoms with E-state index in [-0.39, 0.29) is 46.8 Å². The largest absolute Gasteiger partial charge is 0.462 e. The second-order valence-electron chi connectivity index (χ2n) is 15.3. The molecule has 2 atom stereocenters. The molecule has 0 bridgehead atoms. The molecule has 13 nitrogen and oxygen atoms in total. The number of amides is 2. The van der Waals surface area contributed by atoms with Crippen LogP contribution in [0.1, 0.15) is 61.6 Å². The van der Waals surface area contributed by atoms with Crippen LogP contribution in [0.5, 0.6) is 0 Å². The number of nitrogens with two attached hydrogens (primary N) is 1. The van der Waals surface area contributed by atoms with E-state index in [4.69, 9.17) is 20.0 Å². The normalized spacial score (nSPS) is 16.6. The van der Waals surface area contributed by atoms with Gasteiger partial charge in [-0.05, 0) is 36.0 Å². The first-order valence-electron chi connectivity index (χ1n) is 20.8. The maximum absolute atomic E-state index is 14.5. The van der Waals surface area contributed by atoms with Gasteiger partial charge < -0.3 is 25.4 Å². The third-order valence-electron chi connectivity index (χ3n) is 10.4. The number of anilines is 1. The number of fused-ring (bicyclic) bond motifs is 1. The summed E-state index contributed by atoms with van der Waals surface area (Å²) in [6, 6.07) is 31.2. The highest BCUT2D eigenvalue weighted by Gasteiger charge is 2.54. The van der Waals surface area contributed by atoms with Crippen molar-refractivity contribution in [2.75, 3.05) is 24.7 Å². The molecule has 0 saturated carbocycles. The van der Waals surface area contributed by atoms with Gasteiger partial charge in [-0.25, -0.2) is 14.6 Å². The number of hydrogen-bond donors (Lipinski definition) is 2. The lowest BCUT2D eigenvalue weighted by atomic mass is 9.80. The minimum atomic E-state index is -1.32. The van der Waals surface area contributed by atoms with Crippen molar-refractivity contribution in [3.63, 3.8) is 0 Å². The number of nitrogens with zero attached hydrogens (tertiary/aromatic N) is 4. The van der Waals surface area contributed by atoms with Gasteiger partial charge in [0.15, 0.2) is 10.8 Å². The third-order valence-corrected chi connectivity index (χ3v) is 12.4. The summed E-state index contributed by atoms with van der Waals surface area (Å²) in [6.07, 6.45) is 9.71. The van der Waals surface area contributed by atoms with Crippen molar-refractivity contribution < 1.29 is 33.5 Å². The van der Waals surface area contributed by atoms with E-state index in [1.807, 2.05) is 118 Å². The first kappa shape index (κ1) is 45.2. The highest BCUT2D eigenvalue weighted by molar-refractivity contribution is 8.00. The van der Waals surface area contributed by atoms with E-state index >= 15 is 0 Å². The van der Waals surface area contributed by atoms with Crippen LogP contribution < -0.4 is 11.1 Å². The highest BCUT2D eigenvalue weighted by atomic mass is 32.2. The summed E-state index contributed by atoms with van der Waals surface area (Å²) in [5.41, 5.74) is 8.43. The Kier molecular flexibility index (Phi) is 14.8. The average molecular weight is 897 g/mol. The second kappa shape index (κ2) is 21.0. The Morgan fingerprint density at radius 3 is 2.16 bits per heavy atom. The number of ether oxygens (including phenoxy) is 2. The van der Waals surface area contributed by atoms with E-state index in [1.54, 1.807) is 42.1 Å². The zero-order valence-corrected chi connectivity index (χ0v) is 37.2. The zero-order chi connectivity index (χ0) is 45.1. The smallest absolute Gasteiger partial charge is 0.355 e. The Morgan fingerprint density at radius 2 is 1.59 bits per heavy atom. The van der Waals surface area contributed by atoms with Crippen molar-refractivity contribution in [2.45, 2.75) is 50.6 Å². The van der Waals surface area contributed by atoms with E-state index in [0.717, 1.165) is 33.6 Å². The number of oxime groups is 1. The Morgan fingerprint density at radius 1 is 0.938 bits per heavy atom. The van der Waals surface area contributed by atoms with E-state index in [0.29, 0.717) is 24.3 Å². The molecule has 15 heteroatoms. The molecule has 2 amide bonds. The summed E-state index contributed by atoms with van der Waals surface area (Å²) in [5, 5.41) is 8.54. The minimum Gasteiger partial charge on any atom is -0.462 e. The van der Waals surface area contributed by atoms with Crippen molar-refractivity contribution in [3.8, 4) is 0 Å². The summed E-state index contributed by atoms with van der Waals surface area (Å²) in [6.45, 7) is 5.80. The van der Waals surface area contributed by atoms with Gasteiger partial charge in [0, 0.05) is 40.2 Å². The van der Waals surface area contributed by atoms with Gasteiger partial charge in [-0.1, -0.05) is 141 Å². The number of pyridine rings is 1. The lowest BCUT2D eigenvalue weighted by Gasteiger charge is -2.49. The maximum atomic E-state index is 14.5. The molecule has 2 aliphatic rings. The number of benzene rings is 3. The number of hydrogen-bond acceptors (Lipinski definition) is 13. The number of nitrogens with one attached hydrogen (secondary N) is 1. The van der Waals surface area contributed by atoms with Crippen LogP contribution in [-0.4, -0.2) is 74.7 Å². The average Bonchev–Trinajstić information content (AvgIpc) is 3.76. The molecule has 0 radical (unpaired) electrons. The molecule has 5 aromatic rings. The predicted molar refractivity (Wildman–Crippen MR) is 248 cm³/mol. The summed E-state index contributed by atoms with van der Waals surface area (Å²) < 4.78 is 11.2. The monoisotopic (exact) mass is 896 g/mol. The Bertz CT molecular complexity index is 2470. The van der Waals surface area contributed by atoms with Crippen molar-refractivity contribution >= 4 is 63.8 Å². The van der Waals surface area contributed by atoms with Gasteiger partial charge in [-0.2, -0.15) is 0 Å². The molecule has 1 fully saturated rings. The van der Waals surface area contributed by atoms with Crippen molar-refractivity contribution in [2.24, 2.45) is 11.1 Å². The van der Waals surface area contributed by atoms with E-state index < -0.39 is 40.8 Å². The summed E-state index contributed by atoms with van der Waals surface area (Å²) in [4.78, 5) is 72.4. The first-order valence-corrected chi connectivity index (χ1v) is 22.8. The van der Waals surface area contributed by atoms with Crippen LogP contribution in [0.4, 0.5) is 5.13 Å². The van der Waals surface area contributed by atoms with Gasteiger partial charge >= 0.3 is 11.9 Å². The molecule has 328 valence electrons. The molecule has 2 aromatic heterocycles. The molecule has 2 aliphatic heterocycles. The van der Waals surface area contributed by atoms with Gasteiger partial charge in [-0.15, -0.1) is 23.1 Å². The lowest BCUT2D eigenvalue weighted by Crippen LogP contribution is -2.71. The van der Waals surface area contributed by atoms with Crippen molar-refractivity contribution in [1.29, 1.82) is 0 Å². The molecular weight excluding hydrogens is 849 g/mol. The Labute approximate surface area is 380 Å². The minimum absolute atomic E-state index is 0.00581. The van der Waals surface area contributed by atoms with Gasteiger partial charge in [0.25, 0.3) is 11.8 Å². The quantitative estimate of drug-likeness (QED) is 0.0221. The number of thiazole rings is 1. The number of allylic oxidation sites excluding steroid dienone is 2. The molecular formula is C49H48N6O7S2. The first-order chi connectivity index (χ1) is 31.1. The van der Waals surface area contributed by atoms with Gasteiger partial charge in [0.1, 0.15) is 29.4 Å². The molecule has 3 N–H and O–H groups in total.